The molecule has 0 spiro atoms. The van der Waals surface area contributed by atoms with Crippen molar-refractivity contribution >= 4 is 51.0 Å². The second-order valence-corrected chi connectivity index (χ2v) is 6.87. The molecule has 2 aromatic carbocycles. The van der Waals surface area contributed by atoms with Gasteiger partial charge in [-0.25, -0.2) is 0 Å². The molecule has 0 amide bonds. The van der Waals surface area contributed by atoms with Crippen molar-refractivity contribution in [3.05, 3.63) is 56.8 Å². The molecule has 0 aliphatic heterocycles. The van der Waals surface area contributed by atoms with Crippen LogP contribution in [0, 0.1) is 0 Å². The summed E-state index contributed by atoms with van der Waals surface area (Å²) < 4.78 is 8.63. The van der Waals surface area contributed by atoms with Gasteiger partial charge in [0.05, 0.1) is 28.1 Å². The first-order chi connectivity index (χ1) is 11.6. The molecule has 0 bridgehead atoms. The van der Waals surface area contributed by atoms with E-state index in [2.05, 4.69) is 10.2 Å². The van der Waals surface area contributed by atoms with Gasteiger partial charge in [-0.1, -0.05) is 40.6 Å². The van der Waals surface area contributed by atoms with Gasteiger partial charge in [0.2, 0.25) is 4.80 Å². The molecule has 0 unspecified atom stereocenters. The van der Waals surface area contributed by atoms with Gasteiger partial charge in [-0.15, -0.1) is 5.10 Å². The second kappa shape index (κ2) is 7.38. The van der Waals surface area contributed by atoms with Crippen molar-refractivity contribution in [1.82, 2.24) is 4.57 Å². The van der Waals surface area contributed by atoms with E-state index in [0.717, 1.165) is 26.3 Å². The van der Waals surface area contributed by atoms with Crippen LogP contribution in [0.4, 0.5) is 0 Å². The van der Waals surface area contributed by atoms with Gasteiger partial charge in [-0.05, 0) is 37.3 Å². The lowest BCUT2D eigenvalue weighted by Crippen LogP contribution is -2.08. The largest absolute Gasteiger partial charge is 0.494 e. The maximum Gasteiger partial charge on any atom is 0.211 e. The number of aromatic nitrogens is 1. The average Bonchev–Trinajstić information content (AvgIpc) is 2.86. The number of fused-ring (bicyclic) bond motifs is 1. The summed E-state index contributed by atoms with van der Waals surface area (Å²) in [6.45, 7) is 2.61. The predicted octanol–water partition coefficient (Wildman–Crippen LogP) is 4.88. The summed E-state index contributed by atoms with van der Waals surface area (Å²) >= 11 is 13.6. The zero-order chi connectivity index (χ0) is 17.1. The summed E-state index contributed by atoms with van der Waals surface area (Å²) in [6.07, 6.45) is 1.62. The predicted molar refractivity (Wildman–Crippen MR) is 102 cm³/mol. The molecular formula is C17H15Cl2N3OS. The van der Waals surface area contributed by atoms with Crippen molar-refractivity contribution in [3.8, 4) is 5.75 Å². The molecule has 0 N–H and O–H groups in total. The SMILES string of the molecule is CCOc1ccc2c(c1)s/c(=N\N=C\c1ccc(Cl)cc1Cl)n2C. The van der Waals surface area contributed by atoms with Crippen LogP contribution in [0.2, 0.25) is 10.0 Å². The minimum absolute atomic E-state index is 0.545. The van der Waals surface area contributed by atoms with Gasteiger partial charge in [0, 0.05) is 17.6 Å². The van der Waals surface area contributed by atoms with Crippen LogP contribution in [0.3, 0.4) is 0 Å². The third-order valence-electron chi connectivity index (χ3n) is 3.39. The molecule has 0 aliphatic carbocycles. The van der Waals surface area contributed by atoms with Crippen LogP contribution in [-0.4, -0.2) is 17.4 Å². The minimum atomic E-state index is 0.545. The Morgan fingerprint density at radius 1 is 1.21 bits per heavy atom. The van der Waals surface area contributed by atoms with Crippen molar-refractivity contribution in [2.75, 3.05) is 6.61 Å². The Morgan fingerprint density at radius 3 is 2.79 bits per heavy atom. The molecule has 124 valence electrons. The van der Waals surface area contributed by atoms with Crippen LogP contribution < -0.4 is 9.54 Å². The summed E-state index contributed by atoms with van der Waals surface area (Å²) in [4.78, 5) is 0.792. The fourth-order valence-electron chi connectivity index (χ4n) is 2.21. The van der Waals surface area contributed by atoms with Gasteiger partial charge >= 0.3 is 0 Å². The fraction of sp³-hybridized carbons (Fsp3) is 0.176. The molecule has 0 atom stereocenters. The number of thiazole rings is 1. The number of benzene rings is 2. The number of nitrogens with zero attached hydrogens (tertiary/aromatic N) is 3. The van der Waals surface area contributed by atoms with Gasteiger partial charge < -0.3 is 9.30 Å². The first-order valence-electron chi connectivity index (χ1n) is 7.33. The lowest BCUT2D eigenvalue weighted by molar-refractivity contribution is 0.341. The summed E-state index contributed by atoms with van der Waals surface area (Å²) in [5.74, 6) is 0.856. The topological polar surface area (TPSA) is 38.9 Å². The lowest BCUT2D eigenvalue weighted by atomic mass is 10.2. The molecule has 4 nitrogen and oxygen atoms in total. The zero-order valence-electron chi connectivity index (χ0n) is 13.2. The van der Waals surface area contributed by atoms with Crippen molar-refractivity contribution in [1.29, 1.82) is 0 Å². The molecular weight excluding hydrogens is 365 g/mol. The average molecular weight is 380 g/mol. The van der Waals surface area contributed by atoms with Crippen molar-refractivity contribution in [2.24, 2.45) is 17.3 Å². The highest BCUT2D eigenvalue weighted by Gasteiger charge is 2.04. The Bertz CT molecular complexity index is 976. The second-order valence-electron chi connectivity index (χ2n) is 5.02. The Morgan fingerprint density at radius 2 is 2.04 bits per heavy atom. The molecule has 0 radical (unpaired) electrons. The Labute approximate surface area is 153 Å². The molecule has 1 aromatic heterocycles. The minimum Gasteiger partial charge on any atom is -0.494 e. The number of aryl methyl sites for hydroxylation is 1. The van der Waals surface area contributed by atoms with Crippen molar-refractivity contribution in [3.63, 3.8) is 0 Å². The van der Waals surface area contributed by atoms with Crippen LogP contribution >= 0.6 is 34.5 Å². The number of halogens is 2. The molecule has 0 saturated carbocycles. The van der Waals surface area contributed by atoms with Gasteiger partial charge in [0.15, 0.2) is 0 Å². The molecule has 7 heteroatoms. The first-order valence-corrected chi connectivity index (χ1v) is 8.90. The van der Waals surface area contributed by atoms with Crippen LogP contribution in [-0.2, 0) is 7.05 Å². The Hall–Kier alpha value is -1.82. The third-order valence-corrected chi connectivity index (χ3v) is 5.04. The maximum atomic E-state index is 6.12. The normalized spacial score (nSPS) is 12.4. The Kier molecular flexibility index (Phi) is 5.23. The van der Waals surface area contributed by atoms with Crippen LogP contribution in [0.25, 0.3) is 10.2 Å². The van der Waals surface area contributed by atoms with Gasteiger partial charge in [-0.2, -0.15) is 5.10 Å². The van der Waals surface area contributed by atoms with Crippen LogP contribution in [0.5, 0.6) is 5.75 Å². The fourth-order valence-corrected chi connectivity index (χ4v) is 3.68. The molecule has 0 fully saturated rings. The van der Waals surface area contributed by atoms with Crippen LogP contribution in [0.1, 0.15) is 12.5 Å². The summed E-state index contributed by atoms with van der Waals surface area (Å²) in [5, 5.41) is 9.58. The first kappa shape index (κ1) is 17.0. The molecule has 1 heterocycles. The number of hydrogen-bond acceptors (Lipinski definition) is 4. The summed E-state index contributed by atoms with van der Waals surface area (Å²) in [6, 6.07) is 11.3. The third kappa shape index (κ3) is 3.64. The van der Waals surface area contributed by atoms with E-state index in [4.69, 9.17) is 27.9 Å². The van der Waals surface area contributed by atoms with E-state index in [1.165, 1.54) is 0 Å². The van der Waals surface area contributed by atoms with E-state index >= 15 is 0 Å². The highest BCUT2D eigenvalue weighted by atomic mass is 35.5. The number of ether oxygens (including phenoxy) is 1. The highest BCUT2D eigenvalue weighted by Crippen LogP contribution is 2.23. The van der Waals surface area contributed by atoms with E-state index in [-0.39, 0.29) is 0 Å². The lowest BCUT2D eigenvalue weighted by Gasteiger charge is -2.02. The quantitative estimate of drug-likeness (QED) is 0.470. The maximum absolute atomic E-state index is 6.12. The molecule has 3 aromatic rings. The van der Waals surface area contributed by atoms with E-state index in [9.17, 15) is 0 Å². The standard InChI is InChI=1S/C17H15Cl2N3OS/c1-3-23-13-6-7-15-16(9-13)24-17(22(15)2)21-20-10-11-4-5-12(18)8-14(11)19/h4-10H,3H2,1-2H3/b20-10+,21-17-. The smallest absolute Gasteiger partial charge is 0.211 e. The van der Waals surface area contributed by atoms with Gasteiger partial charge in [0.25, 0.3) is 0 Å². The van der Waals surface area contributed by atoms with Crippen LogP contribution in [0.15, 0.2) is 46.6 Å². The van der Waals surface area contributed by atoms with E-state index < -0.39 is 0 Å². The monoisotopic (exact) mass is 379 g/mol. The molecule has 0 aliphatic rings. The molecule has 0 saturated heterocycles. The number of hydrogen-bond donors (Lipinski definition) is 0. The molecule has 24 heavy (non-hydrogen) atoms. The summed E-state index contributed by atoms with van der Waals surface area (Å²) in [7, 11) is 1.96. The highest BCUT2D eigenvalue weighted by molar-refractivity contribution is 7.16. The van der Waals surface area contributed by atoms with Gasteiger partial charge in [-0.3, -0.25) is 0 Å². The molecule has 3 rings (SSSR count). The van der Waals surface area contributed by atoms with E-state index in [1.54, 1.807) is 29.7 Å². The van der Waals surface area contributed by atoms with Gasteiger partial charge in [0.1, 0.15) is 5.75 Å². The van der Waals surface area contributed by atoms with E-state index in [1.807, 2.05) is 42.8 Å². The number of rotatable bonds is 4. The van der Waals surface area contributed by atoms with Crippen molar-refractivity contribution < 1.29 is 4.74 Å². The zero-order valence-corrected chi connectivity index (χ0v) is 15.5. The Balaban J connectivity index is 1.94. The van der Waals surface area contributed by atoms with E-state index in [0.29, 0.717) is 16.7 Å². The van der Waals surface area contributed by atoms with Crippen molar-refractivity contribution in [2.45, 2.75) is 6.92 Å². The summed E-state index contributed by atoms with van der Waals surface area (Å²) in [5.41, 5.74) is 1.86.